The van der Waals surface area contributed by atoms with E-state index in [1.54, 1.807) is 24.6 Å². The number of hydrogen-bond donors (Lipinski definition) is 2. The summed E-state index contributed by atoms with van der Waals surface area (Å²) in [5, 5.41) is 7.69. The van der Waals surface area contributed by atoms with E-state index in [9.17, 15) is 0 Å². The summed E-state index contributed by atoms with van der Waals surface area (Å²) in [5.41, 5.74) is 2.92. The molecule has 1 aromatic carbocycles. The monoisotopic (exact) mass is 369 g/mol. The van der Waals surface area contributed by atoms with Crippen molar-refractivity contribution in [3.05, 3.63) is 57.9 Å². The van der Waals surface area contributed by atoms with Crippen LogP contribution in [0.1, 0.15) is 21.3 Å². The number of guanidine groups is 1. The molecule has 0 radical (unpaired) electrons. The zero-order valence-corrected chi connectivity index (χ0v) is 16.1. The Labute approximate surface area is 157 Å². The van der Waals surface area contributed by atoms with Gasteiger partial charge in [-0.2, -0.15) is 0 Å². The van der Waals surface area contributed by atoms with Gasteiger partial charge in [0.05, 0.1) is 22.9 Å². The van der Waals surface area contributed by atoms with Crippen LogP contribution in [0.25, 0.3) is 11.5 Å². The Kier molecular flexibility index (Phi) is 6.01. The minimum absolute atomic E-state index is 0.550. The van der Waals surface area contributed by atoms with Crippen molar-refractivity contribution in [1.29, 1.82) is 0 Å². The lowest BCUT2D eigenvalue weighted by molar-refractivity contribution is 0.572. The molecule has 0 atom stereocenters. The number of nitrogens with one attached hydrogen (secondary N) is 2. The summed E-state index contributed by atoms with van der Waals surface area (Å²) in [4.78, 5) is 14.5. The third-order valence-electron chi connectivity index (χ3n) is 3.88. The first-order valence-electron chi connectivity index (χ1n) is 8.53. The van der Waals surface area contributed by atoms with Gasteiger partial charge in [0.2, 0.25) is 5.89 Å². The average Bonchev–Trinajstić information content (AvgIpc) is 3.25. The average molecular weight is 369 g/mol. The molecule has 0 fully saturated rings. The van der Waals surface area contributed by atoms with Gasteiger partial charge in [0.15, 0.2) is 5.96 Å². The second kappa shape index (κ2) is 8.62. The highest BCUT2D eigenvalue weighted by Crippen LogP contribution is 2.18. The van der Waals surface area contributed by atoms with Gasteiger partial charge in [-0.3, -0.25) is 4.99 Å². The van der Waals surface area contributed by atoms with Crippen LogP contribution in [0.3, 0.4) is 0 Å². The molecule has 7 heteroatoms. The number of benzene rings is 1. The predicted molar refractivity (Wildman–Crippen MR) is 105 cm³/mol. The quantitative estimate of drug-likeness (QED) is 0.515. The molecule has 26 heavy (non-hydrogen) atoms. The highest BCUT2D eigenvalue weighted by molar-refractivity contribution is 7.11. The van der Waals surface area contributed by atoms with E-state index in [0.717, 1.165) is 40.9 Å². The van der Waals surface area contributed by atoms with Gasteiger partial charge in [-0.05, 0) is 26.0 Å². The Morgan fingerprint density at radius 3 is 2.65 bits per heavy atom. The smallest absolute Gasteiger partial charge is 0.226 e. The molecule has 2 heterocycles. The highest BCUT2D eigenvalue weighted by Gasteiger charge is 2.08. The molecule has 0 amide bonds. The maximum atomic E-state index is 5.55. The van der Waals surface area contributed by atoms with Crippen molar-refractivity contribution in [2.75, 3.05) is 13.6 Å². The van der Waals surface area contributed by atoms with Crippen LogP contribution in [-0.4, -0.2) is 29.5 Å². The Hall–Kier alpha value is -2.67. The largest absolute Gasteiger partial charge is 0.444 e. The lowest BCUT2D eigenvalue weighted by atomic mass is 10.2. The first kappa shape index (κ1) is 18.1. The van der Waals surface area contributed by atoms with E-state index in [1.165, 1.54) is 4.88 Å². The van der Waals surface area contributed by atoms with Crippen molar-refractivity contribution in [2.24, 2.45) is 4.99 Å². The zero-order valence-electron chi connectivity index (χ0n) is 15.2. The number of oxazole rings is 1. The Morgan fingerprint density at radius 2 is 1.96 bits per heavy atom. The van der Waals surface area contributed by atoms with Crippen molar-refractivity contribution < 1.29 is 4.42 Å². The third-order valence-corrected chi connectivity index (χ3v) is 5.01. The molecule has 2 N–H and O–H groups in total. The van der Waals surface area contributed by atoms with E-state index in [-0.39, 0.29) is 0 Å². The van der Waals surface area contributed by atoms with E-state index in [0.29, 0.717) is 12.4 Å². The summed E-state index contributed by atoms with van der Waals surface area (Å²) in [6.45, 7) is 5.45. The molecule has 0 spiro atoms. The molecule has 6 nitrogen and oxygen atoms in total. The summed E-state index contributed by atoms with van der Waals surface area (Å²) in [6, 6.07) is 9.87. The number of aromatic nitrogens is 2. The molecule has 3 rings (SSSR count). The molecule has 0 aliphatic carbocycles. The maximum Gasteiger partial charge on any atom is 0.226 e. The summed E-state index contributed by atoms with van der Waals surface area (Å²) in [7, 11) is 1.76. The van der Waals surface area contributed by atoms with Crippen LogP contribution in [0.15, 0.2) is 46.0 Å². The standard InChI is InChI=1S/C19H23N5OS/c1-13-17(26-14(2)23-13)9-10-21-19(20-3)22-11-16-12-25-18(24-16)15-7-5-4-6-8-15/h4-8,12H,9-11H2,1-3H3,(H2,20,21,22). The van der Waals surface area contributed by atoms with Gasteiger partial charge >= 0.3 is 0 Å². The van der Waals surface area contributed by atoms with Crippen molar-refractivity contribution in [3.63, 3.8) is 0 Å². The first-order chi connectivity index (χ1) is 12.7. The van der Waals surface area contributed by atoms with E-state index in [2.05, 4.69) is 32.5 Å². The summed E-state index contributed by atoms with van der Waals surface area (Å²) < 4.78 is 5.55. The molecule has 0 saturated carbocycles. The van der Waals surface area contributed by atoms with Crippen LogP contribution in [0.4, 0.5) is 0 Å². The summed E-state index contributed by atoms with van der Waals surface area (Å²) >= 11 is 1.75. The lowest BCUT2D eigenvalue weighted by Gasteiger charge is -2.10. The second-order valence-corrected chi connectivity index (χ2v) is 7.14. The minimum atomic E-state index is 0.550. The fourth-order valence-corrected chi connectivity index (χ4v) is 3.53. The molecule has 0 unspecified atom stereocenters. The van der Waals surface area contributed by atoms with Crippen LogP contribution < -0.4 is 10.6 Å². The van der Waals surface area contributed by atoms with Gasteiger partial charge in [0.25, 0.3) is 0 Å². The molecule has 0 aliphatic rings. The number of aliphatic imine (C=N–C) groups is 1. The van der Waals surface area contributed by atoms with Gasteiger partial charge < -0.3 is 15.1 Å². The number of hydrogen-bond acceptors (Lipinski definition) is 5. The van der Waals surface area contributed by atoms with E-state index in [1.807, 2.05) is 37.3 Å². The molecule has 3 aromatic rings. The van der Waals surface area contributed by atoms with E-state index >= 15 is 0 Å². The molecule has 0 bridgehead atoms. The minimum Gasteiger partial charge on any atom is -0.444 e. The predicted octanol–water partition coefficient (Wildman–Crippen LogP) is 3.32. The van der Waals surface area contributed by atoms with Gasteiger partial charge in [0.1, 0.15) is 6.26 Å². The first-order valence-corrected chi connectivity index (χ1v) is 9.34. The molecule has 0 aliphatic heterocycles. The molecular formula is C19H23N5OS. The van der Waals surface area contributed by atoms with Crippen molar-refractivity contribution >= 4 is 17.3 Å². The fourth-order valence-electron chi connectivity index (χ4n) is 2.60. The van der Waals surface area contributed by atoms with Crippen LogP contribution in [-0.2, 0) is 13.0 Å². The molecule has 136 valence electrons. The normalized spacial score (nSPS) is 11.6. The van der Waals surface area contributed by atoms with E-state index in [4.69, 9.17) is 4.42 Å². The van der Waals surface area contributed by atoms with Crippen molar-refractivity contribution in [2.45, 2.75) is 26.8 Å². The highest BCUT2D eigenvalue weighted by atomic mass is 32.1. The molecular weight excluding hydrogens is 346 g/mol. The third kappa shape index (κ3) is 4.70. The van der Waals surface area contributed by atoms with Crippen LogP contribution >= 0.6 is 11.3 Å². The lowest BCUT2D eigenvalue weighted by Crippen LogP contribution is -2.37. The Balaban J connectivity index is 1.48. The number of thiazole rings is 1. The number of aryl methyl sites for hydroxylation is 2. The van der Waals surface area contributed by atoms with Gasteiger partial charge in [-0.15, -0.1) is 11.3 Å². The summed E-state index contributed by atoms with van der Waals surface area (Å²) in [6.07, 6.45) is 2.60. The number of rotatable bonds is 6. The van der Waals surface area contributed by atoms with Crippen LogP contribution in [0.2, 0.25) is 0 Å². The fraction of sp³-hybridized carbons (Fsp3) is 0.316. The molecule has 2 aromatic heterocycles. The van der Waals surface area contributed by atoms with Gasteiger partial charge in [0, 0.05) is 30.5 Å². The van der Waals surface area contributed by atoms with E-state index < -0.39 is 0 Å². The zero-order chi connectivity index (χ0) is 18.4. The van der Waals surface area contributed by atoms with Gasteiger partial charge in [-0.25, -0.2) is 9.97 Å². The maximum absolute atomic E-state index is 5.55. The second-order valence-electron chi connectivity index (χ2n) is 5.85. The van der Waals surface area contributed by atoms with Gasteiger partial charge in [-0.1, -0.05) is 18.2 Å². The Morgan fingerprint density at radius 1 is 1.15 bits per heavy atom. The summed E-state index contributed by atoms with van der Waals surface area (Å²) in [5.74, 6) is 1.37. The Bertz CT molecular complexity index is 869. The SMILES string of the molecule is CN=C(NCCc1sc(C)nc1C)NCc1coc(-c2ccccc2)n1. The van der Waals surface area contributed by atoms with Crippen molar-refractivity contribution in [1.82, 2.24) is 20.6 Å². The van der Waals surface area contributed by atoms with Crippen LogP contribution in [0, 0.1) is 13.8 Å². The van der Waals surface area contributed by atoms with Crippen molar-refractivity contribution in [3.8, 4) is 11.5 Å². The molecule has 0 saturated heterocycles. The van der Waals surface area contributed by atoms with Crippen LogP contribution in [0.5, 0.6) is 0 Å². The number of nitrogens with zero attached hydrogens (tertiary/aromatic N) is 3. The topological polar surface area (TPSA) is 75.3 Å².